The summed E-state index contributed by atoms with van der Waals surface area (Å²) in [5.74, 6) is -0.661. The third kappa shape index (κ3) is 8.85. The summed E-state index contributed by atoms with van der Waals surface area (Å²) in [6.07, 6.45) is 5.38. The first-order valence-corrected chi connectivity index (χ1v) is 9.26. The standard InChI is InChI=1S/C16H26N2O2.C4H4O4/c1-11(2)9-14-16(19-12(3)4)20-15(17-14)13-7-6-8-18(5)10-13;5-3(6)1-2-4(7)8/h7,11-12H,6,8-10H2,1-5H3;1-2H,(H,5,6)(H,7,8)/b;2-1-. The van der Waals surface area contributed by atoms with Gasteiger partial charge in [0.25, 0.3) is 0 Å². The second kappa shape index (κ2) is 11.3. The van der Waals surface area contributed by atoms with Crippen LogP contribution in [0.3, 0.4) is 0 Å². The molecule has 8 heteroatoms. The zero-order valence-corrected chi connectivity index (χ0v) is 17.1. The molecule has 0 saturated carbocycles. The summed E-state index contributed by atoms with van der Waals surface area (Å²) in [7, 11) is 2.12. The van der Waals surface area contributed by atoms with Crippen molar-refractivity contribution in [2.24, 2.45) is 5.92 Å². The molecule has 0 unspecified atom stereocenters. The van der Waals surface area contributed by atoms with Crippen LogP contribution in [0.25, 0.3) is 5.57 Å². The molecule has 2 N–H and O–H groups in total. The van der Waals surface area contributed by atoms with Crippen molar-refractivity contribution in [1.29, 1.82) is 0 Å². The van der Waals surface area contributed by atoms with Gasteiger partial charge in [0.05, 0.1) is 6.10 Å². The van der Waals surface area contributed by atoms with E-state index < -0.39 is 11.9 Å². The summed E-state index contributed by atoms with van der Waals surface area (Å²) in [6.45, 7) is 10.4. The van der Waals surface area contributed by atoms with Gasteiger partial charge in [-0.05, 0) is 39.7 Å². The van der Waals surface area contributed by atoms with Crippen LogP contribution < -0.4 is 4.74 Å². The number of carboxylic acid groups (broad SMARTS) is 2. The number of likely N-dealkylation sites (N-methyl/N-ethyl adjacent to an activating group) is 1. The van der Waals surface area contributed by atoms with Gasteiger partial charge in [0.1, 0.15) is 5.69 Å². The van der Waals surface area contributed by atoms with Gasteiger partial charge in [0.2, 0.25) is 5.89 Å². The number of hydrogen-bond donors (Lipinski definition) is 2. The van der Waals surface area contributed by atoms with E-state index in [1.54, 1.807) is 0 Å². The van der Waals surface area contributed by atoms with E-state index in [0.717, 1.165) is 37.5 Å². The molecule has 0 aromatic carbocycles. The lowest BCUT2D eigenvalue weighted by Gasteiger charge is -2.20. The second-order valence-corrected chi connectivity index (χ2v) is 7.28. The summed E-state index contributed by atoms with van der Waals surface area (Å²) in [5, 5.41) is 15.6. The van der Waals surface area contributed by atoms with E-state index in [0.29, 0.717) is 24.0 Å². The largest absolute Gasteiger partial charge is 0.478 e. The quantitative estimate of drug-likeness (QED) is 0.678. The molecule has 1 aromatic rings. The Balaban J connectivity index is 0.000000416. The maximum absolute atomic E-state index is 9.55. The summed E-state index contributed by atoms with van der Waals surface area (Å²) in [6, 6.07) is 0. The molecule has 1 aromatic heterocycles. The van der Waals surface area contributed by atoms with Gasteiger partial charge in [0.15, 0.2) is 0 Å². The molecule has 0 saturated heterocycles. The normalized spacial score (nSPS) is 14.8. The van der Waals surface area contributed by atoms with Crippen molar-refractivity contribution >= 4 is 17.5 Å². The lowest BCUT2D eigenvalue weighted by Crippen LogP contribution is -2.25. The van der Waals surface area contributed by atoms with Gasteiger partial charge >= 0.3 is 17.9 Å². The van der Waals surface area contributed by atoms with Crippen LogP contribution in [-0.2, 0) is 16.0 Å². The van der Waals surface area contributed by atoms with E-state index >= 15 is 0 Å². The van der Waals surface area contributed by atoms with E-state index in [4.69, 9.17) is 19.4 Å². The number of rotatable bonds is 7. The van der Waals surface area contributed by atoms with Crippen molar-refractivity contribution in [2.75, 3.05) is 20.1 Å². The molecule has 1 aliphatic rings. The SMILES string of the molecule is CC(C)Cc1nc(C2=CCCN(C)C2)oc1OC(C)C.O=C(O)/C=C\C(=O)O. The zero-order valence-electron chi connectivity index (χ0n) is 17.1. The lowest BCUT2D eigenvalue weighted by atomic mass is 10.1. The van der Waals surface area contributed by atoms with Crippen molar-refractivity contribution in [2.45, 2.75) is 46.6 Å². The molecule has 0 atom stereocenters. The van der Waals surface area contributed by atoms with Crippen LogP contribution in [0.15, 0.2) is 22.6 Å². The van der Waals surface area contributed by atoms with Crippen molar-refractivity contribution in [3.05, 3.63) is 29.8 Å². The molecular weight excluding hydrogens is 364 g/mol. The average molecular weight is 394 g/mol. The molecule has 0 spiro atoms. The molecular formula is C20H30N2O6. The minimum atomic E-state index is -1.26. The van der Waals surface area contributed by atoms with Gasteiger partial charge in [-0.25, -0.2) is 14.6 Å². The van der Waals surface area contributed by atoms with Crippen molar-refractivity contribution in [1.82, 2.24) is 9.88 Å². The molecule has 0 fully saturated rings. The predicted molar refractivity (Wildman–Crippen MR) is 105 cm³/mol. The van der Waals surface area contributed by atoms with Crippen molar-refractivity contribution < 1.29 is 29.0 Å². The first kappa shape index (κ1) is 23.4. The summed E-state index contributed by atoms with van der Waals surface area (Å²) >= 11 is 0. The third-order valence-corrected chi connectivity index (χ3v) is 3.59. The Kier molecular flexibility index (Phi) is 9.44. The Bertz CT molecular complexity index is 675. The van der Waals surface area contributed by atoms with Crippen LogP contribution >= 0.6 is 0 Å². The Hall–Kier alpha value is -2.61. The highest BCUT2D eigenvalue weighted by atomic mass is 16.6. The van der Waals surface area contributed by atoms with Crippen LogP contribution in [0.5, 0.6) is 5.95 Å². The number of carbonyl (C=O) groups is 2. The van der Waals surface area contributed by atoms with Gasteiger partial charge in [-0.1, -0.05) is 19.9 Å². The lowest BCUT2D eigenvalue weighted by molar-refractivity contribution is -0.134. The maximum Gasteiger partial charge on any atom is 0.328 e. The van der Waals surface area contributed by atoms with Crippen LogP contribution in [0.4, 0.5) is 0 Å². The van der Waals surface area contributed by atoms with E-state index in [1.165, 1.54) is 5.57 Å². The summed E-state index contributed by atoms with van der Waals surface area (Å²) in [5.41, 5.74) is 2.11. The number of aromatic nitrogens is 1. The minimum Gasteiger partial charge on any atom is -0.478 e. The van der Waals surface area contributed by atoms with Crippen LogP contribution in [-0.4, -0.2) is 58.3 Å². The number of oxazole rings is 1. The molecule has 0 radical (unpaired) electrons. The number of carboxylic acids is 2. The fraction of sp³-hybridized carbons (Fsp3) is 0.550. The molecule has 1 aliphatic heterocycles. The molecule has 0 bridgehead atoms. The first-order chi connectivity index (χ1) is 13.1. The fourth-order valence-corrected chi connectivity index (χ4v) is 2.49. The summed E-state index contributed by atoms with van der Waals surface area (Å²) < 4.78 is 11.7. The van der Waals surface area contributed by atoms with Crippen LogP contribution in [0.1, 0.15) is 45.7 Å². The average Bonchev–Trinajstić information content (AvgIpc) is 2.95. The predicted octanol–water partition coefficient (Wildman–Crippen LogP) is 3.09. The van der Waals surface area contributed by atoms with Crippen molar-refractivity contribution in [3.63, 3.8) is 0 Å². The third-order valence-electron chi connectivity index (χ3n) is 3.59. The van der Waals surface area contributed by atoms with Gasteiger partial charge in [-0.15, -0.1) is 0 Å². The van der Waals surface area contributed by atoms with Gasteiger partial charge in [0, 0.05) is 30.8 Å². The van der Waals surface area contributed by atoms with Gasteiger partial charge < -0.3 is 24.3 Å². The Morgan fingerprint density at radius 1 is 1.25 bits per heavy atom. The van der Waals surface area contributed by atoms with E-state index in [-0.39, 0.29) is 6.10 Å². The monoisotopic (exact) mass is 394 g/mol. The molecule has 28 heavy (non-hydrogen) atoms. The number of nitrogens with zero attached hydrogens (tertiary/aromatic N) is 2. The number of hydrogen-bond acceptors (Lipinski definition) is 6. The van der Waals surface area contributed by atoms with Gasteiger partial charge in [-0.2, -0.15) is 0 Å². The molecule has 0 amide bonds. The highest BCUT2D eigenvalue weighted by molar-refractivity contribution is 5.89. The highest BCUT2D eigenvalue weighted by Gasteiger charge is 2.21. The number of aliphatic carboxylic acids is 2. The topological polar surface area (TPSA) is 113 Å². The Labute approximate surface area is 165 Å². The van der Waals surface area contributed by atoms with E-state index in [2.05, 4.69) is 36.9 Å². The van der Waals surface area contributed by atoms with Crippen LogP contribution in [0, 0.1) is 5.92 Å². The molecule has 0 aliphatic carbocycles. The first-order valence-electron chi connectivity index (χ1n) is 9.26. The maximum atomic E-state index is 9.55. The molecule has 8 nitrogen and oxygen atoms in total. The zero-order chi connectivity index (χ0) is 21.3. The highest BCUT2D eigenvalue weighted by Crippen LogP contribution is 2.29. The smallest absolute Gasteiger partial charge is 0.328 e. The molecule has 156 valence electrons. The van der Waals surface area contributed by atoms with Crippen molar-refractivity contribution in [3.8, 4) is 5.95 Å². The molecule has 2 heterocycles. The Morgan fingerprint density at radius 2 is 1.86 bits per heavy atom. The Morgan fingerprint density at radius 3 is 2.32 bits per heavy atom. The van der Waals surface area contributed by atoms with Gasteiger partial charge in [-0.3, -0.25) is 0 Å². The van der Waals surface area contributed by atoms with E-state index in [1.807, 2.05) is 13.8 Å². The number of ether oxygens (including phenoxy) is 1. The fourth-order valence-electron chi connectivity index (χ4n) is 2.49. The van der Waals surface area contributed by atoms with E-state index in [9.17, 15) is 9.59 Å². The summed E-state index contributed by atoms with van der Waals surface area (Å²) in [4.78, 5) is 26.1. The van der Waals surface area contributed by atoms with Crippen LogP contribution in [0.2, 0.25) is 0 Å². The minimum absolute atomic E-state index is 0.102. The molecule has 2 rings (SSSR count). The second-order valence-electron chi connectivity index (χ2n) is 7.28.